The molecular weight excluding hydrogens is 388 g/mol. The number of carbonyl (C=O) groups excluding carboxylic acids is 2. The molecule has 3 aromatic rings. The van der Waals surface area contributed by atoms with Crippen LogP contribution in [0.2, 0.25) is 0 Å². The number of benzene rings is 1. The van der Waals surface area contributed by atoms with E-state index in [1.165, 1.54) is 6.26 Å². The Hall–Kier alpha value is -3.47. The lowest BCUT2D eigenvalue weighted by Crippen LogP contribution is -2.35. The van der Waals surface area contributed by atoms with Crippen LogP contribution in [0.25, 0.3) is 11.7 Å². The lowest BCUT2D eigenvalue weighted by atomic mass is 10.2. The van der Waals surface area contributed by atoms with E-state index in [4.69, 9.17) is 18.3 Å². The number of rotatable bonds is 5. The van der Waals surface area contributed by atoms with E-state index < -0.39 is 11.9 Å². The van der Waals surface area contributed by atoms with Gasteiger partial charge in [-0.2, -0.15) is 0 Å². The average molecular weight is 402 g/mol. The first-order valence-corrected chi connectivity index (χ1v) is 9.16. The van der Waals surface area contributed by atoms with Gasteiger partial charge in [-0.25, -0.2) is 4.79 Å². The summed E-state index contributed by atoms with van der Waals surface area (Å²) >= 11 is 1.00. The van der Waals surface area contributed by atoms with Crippen LogP contribution in [0.15, 0.2) is 50.7 Å². The van der Waals surface area contributed by atoms with Gasteiger partial charge in [0.2, 0.25) is 5.91 Å². The normalized spacial score (nSPS) is 12.4. The van der Waals surface area contributed by atoms with Crippen molar-refractivity contribution in [1.29, 1.82) is 0 Å². The number of furan rings is 1. The molecule has 1 aromatic carbocycles. The third kappa shape index (κ3) is 4.26. The molecule has 2 N–H and O–H groups in total. The molecule has 1 aliphatic rings. The number of fused-ring (bicyclic) bond motifs is 1. The Morgan fingerprint density at radius 3 is 2.79 bits per heavy atom. The molecule has 10 nitrogen and oxygen atoms in total. The van der Waals surface area contributed by atoms with E-state index in [1.54, 1.807) is 30.3 Å². The molecule has 144 valence electrons. The van der Waals surface area contributed by atoms with Crippen LogP contribution in [-0.4, -0.2) is 41.1 Å². The van der Waals surface area contributed by atoms with Gasteiger partial charge in [0.1, 0.15) is 13.2 Å². The highest BCUT2D eigenvalue weighted by Gasteiger charge is 2.16. The van der Waals surface area contributed by atoms with Gasteiger partial charge in [0, 0.05) is 11.8 Å². The zero-order chi connectivity index (χ0) is 19.3. The van der Waals surface area contributed by atoms with Gasteiger partial charge < -0.3 is 23.6 Å². The van der Waals surface area contributed by atoms with Gasteiger partial charge in [-0.05, 0) is 24.3 Å². The molecular formula is C17H14N4O6S. The van der Waals surface area contributed by atoms with Crippen LogP contribution in [-0.2, 0) is 4.79 Å². The lowest BCUT2D eigenvalue weighted by Gasteiger charge is -2.19. The van der Waals surface area contributed by atoms with Crippen molar-refractivity contribution >= 4 is 29.4 Å². The molecule has 2 aromatic heterocycles. The Bertz CT molecular complexity index is 987. The number of nitrogens with zero attached hydrogens (tertiary/aromatic N) is 2. The minimum Gasteiger partial charge on any atom is -0.486 e. The van der Waals surface area contributed by atoms with E-state index in [0.717, 1.165) is 11.8 Å². The predicted octanol–water partition coefficient (Wildman–Crippen LogP) is 2.54. The van der Waals surface area contributed by atoms with Crippen molar-refractivity contribution < 1.29 is 27.9 Å². The first kappa shape index (κ1) is 17.9. The number of anilines is 1. The van der Waals surface area contributed by atoms with E-state index in [9.17, 15) is 9.59 Å². The van der Waals surface area contributed by atoms with E-state index in [1.807, 2.05) is 0 Å². The standard InChI is InChI=1S/C17H14N4O6S/c22-14(9-28-17-21-20-15(27-17)12-2-1-5-24-12)19-16(23)18-10-3-4-11-13(8-10)26-7-6-25-11/h1-5,8H,6-7,9H2,(H2,18,19,22,23). The van der Waals surface area contributed by atoms with E-state index in [2.05, 4.69) is 20.8 Å². The van der Waals surface area contributed by atoms with Crippen molar-refractivity contribution in [3.8, 4) is 23.1 Å². The molecule has 0 radical (unpaired) electrons. The first-order chi connectivity index (χ1) is 13.7. The summed E-state index contributed by atoms with van der Waals surface area (Å²) < 4.78 is 21.4. The number of carbonyl (C=O) groups is 2. The summed E-state index contributed by atoms with van der Waals surface area (Å²) in [6, 6.07) is 7.68. The van der Waals surface area contributed by atoms with Crippen molar-refractivity contribution in [2.24, 2.45) is 0 Å². The van der Waals surface area contributed by atoms with Gasteiger partial charge in [0.05, 0.1) is 12.0 Å². The fourth-order valence-electron chi connectivity index (χ4n) is 2.34. The summed E-state index contributed by atoms with van der Waals surface area (Å²) in [5.41, 5.74) is 0.474. The van der Waals surface area contributed by atoms with E-state index in [-0.39, 0.29) is 16.9 Å². The number of aromatic nitrogens is 2. The maximum Gasteiger partial charge on any atom is 0.325 e. The number of amides is 3. The minimum absolute atomic E-state index is 0.0751. The number of ether oxygens (including phenoxy) is 2. The molecule has 0 unspecified atom stereocenters. The maximum absolute atomic E-state index is 12.0. The Balaban J connectivity index is 1.26. The third-order valence-corrected chi connectivity index (χ3v) is 4.34. The molecule has 0 spiro atoms. The molecule has 1 aliphatic heterocycles. The summed E-state index contributed by atoms with van der Waals surface area (Å²) in [4.78, 5) is 23.9. The van der Waals surface area contributed by atoms with Crippen LogP contribution in [0.4, 0.5) is 10.5 Å². The SMILES string of the molecule is O=C(CSc1nnc(-c2ccco2)o1)NC(=O)Nc1ccc2c(c1)OCCO2. The van der Waals surface area contributed by atoms with Crippen molar-refractivity contribution in [1.82, 2.24) is 15.5 Å². The number of hydrogen-bond donors (Lipinski definition) is 2. The molecule has 0 atom stereocenters. The highest BCUT2D eigenvalue weighted by atomic mass is 32.2. The molecule has 3 heterocycles. The zero-order valence-electron chi connectivity index (χ0n) is 14.3. The van der Waals surface area contributed by atoms with Crippen LogP contribution in [0, 0.1) is 0 Å². The Morgan fingerprint density at radius 2 is 1.96 bits per heavy atom. The van der Waals surface area contributed by atoms with Crippen LogP contribution in [0.5, 0.6) is 11.5 Å². The van der Waals surface area contributed by atoms with Crippen LogP contribution < -0.4 is 20.1 Å². The highest BCUT2D eigenvalue weighted by Crippen LogP contribution is 2.32. The van der Waals surface area contributed by atoms with Gasteiger partial charge in [-0.1, -0.05) is 11.8 Å². The number of nitrogens with one attached hydrogen (secondary N) is 2. The molecule has 0 fully saturated rings. The molecule has 28 heavy (non-hydrogen) atoms. The molecule has 0 aliphatic carbocycles. The third-order valence-electron chi connectivity index (χ3n) is 3.52. The van der Waals surface area contributed by atoms with Crippen molar-refractivity contribution in [2.75, 3.05) is 24.3 Å². The lowest BCUT2D eigenvalue weighted by molar-refractivity contribution is -0.117. The van der Waals surface area contributed by atoms with Gasteiger partial charge >= 0.3 is 6.03 Å². The van der Waals surface area contributed by atoms with Crippen LogP contribution in [0.3, 0.4) is 0 Å². The quantitative estimate of drug-likeness (QED) is 0.619. The molecule has 0 bridgehead atoms. The summed E-state index contributed by atoms with van der Waals surface area (Å²) in [6.45, 7) is 0.922. The Labute approximate surface area is 162 Å². The van der Waals surface area contributed by atoms with Gasteiger partial charge in [-0.3, -0.25) is 10.1 Å². The molecule has 0 saturated heterocycles. The second-order valence-electron chi connectivity index (χ2n) is 5.50. The number of hydrogen-bond acceptors (Lipinski definition) is 9. The summed E-state index contributed by atoms with van der Waals surface area (Å²) in [5.74, 6) is 1.20. The molecule has 11 heteroatoms. The monoisotopic (exact) mass is 402 g/mol. The predicted molar refractivity (Wildman–Crippen MR) is 97.3 cm³/mol. The molecule has 4 rings (SSSR count). The fraction of sp³-hybridized carbons (Fsp3) is 0.176. The summed E-state index contributed by atoms with van der Waals surface area (Å²) in [6.07, 6.45) is 1.49. The topological polar surface area (TPSA) is 129 Å². The summed E-state index contributed by atoms with van der Waals surface area (Å²) in [5, 5.41) is 12.6. The fourth-order valence-corrected chi connectivity index (χ4v) is 2.90. The Morgan fingerprint density at radius 1 is 1.11 bits per heavy atom. The molecule has 3 amide bonds. The largest absolute Gasteiger partial charge is 0.486 e. The van der Waals surface area contributed by atoms with Gasteiger partial charge in [0.25, 0.3) is 11.1 Å². The number of imide groups is 1. The van der Waals surface area contributed by atoms with Crippen LogP contribution >= 0.6 is 11.8 Å². The summed E-state index contributed by atoms with van der Waals surface area (Å²) in [7, 11) is 0. The van der Waals surface area contributed by atoms with Crippen molar-refractivity contribution in [3.63, 3.8) is 0 Å². The van der Waals surface area contributed by atoms with Crippen LogP contribution in [0.1, 0.15) is 0 Å². The maximum atomic E-state index is 12.0. The van der Waals surface area contributed by atoms with E-state index >= 15 is 0 Å². The highest BCUT2D eigenvalue weighted by molar-refractivity contribution is 7.99. The smallest absolute Gasteiger partial charge is 0.325 e. The number of thioether (sulfide) groups is 1. The molecule has 0 saturated carbocycles. The minimum atomic E-state index is -0.663. The van der Waals surface area contributed by atoms with Gasteiger partial charge in [-0.15, -0.1) is 10.2 Å². The Kier molecular flexibility index (Phi) is 5.15. The van der Waals surface area contributed by atoms with Crippen molar-refractivity contribution in [2.45, 2.75) is 5.22 Å². The second-order valence-corrected chi connectivity index (χ2v) is 6.43. The number of urea groups is 1. The van der Waals surface area contributed by atoms with Gasteiger partial charge in [0.15, 0.2) is 17.3 Å². The van der Waals surface area contributed by atoms with E-state index in [0.29, 0.717) is 36.2 Å². The first-order valence-electron chi connectivity index (χ1n) is 8.18. The average Bonchev–Trinajstić information content (AvgIpc) is 3.38. The second kappa shape index (κ2) is 8.05. The zero-order valence-corrected chi connectivity index (χ0v) is 15.2. The van der Waals surface area contributed by atoms with Crippen molar-refractivity contribution in [3.05, 3.63) is 36.6 Å².